The minimum Gasteiger partial charge on any atom is -0.285 e. The molecule has 0 fully saturated rings. The molecule has 1 aromatic rings. The Morgan fingerprint density at radius 2 is 1.16 bits per heavy atom. The molecule has 0 saturated heterocycles. The van der Waals surface area contributed by atoms with Gasteiger partial charge < -0.3 is 0 Å². The van der Waals surface area contributed by atoms with Gasteiger partial charge in [-0.2, -0.15) is 8.42 Å². The minimum atomic E-state index is -5.61. The van der Waals surface area contributed by atoms with Crippen molar-refractivity contribution < 1.29 is 38.1 Å². The number of halogens is 6. The zero-order valence-corrected chi connectivity index (χ0v) is 11.2. The van der Waals surface area contributed by atoms with Crippen LogP contribution in [0.15, 0.2) is 0 Å². The van der Waals surface area contributed by atoms with Crippen LogP contribution in [0.4, 0.5) is 25.8 Å². The molecule has 0 aromatic heterocycles. The molecule has 0 aliphatic rings. The van der Waals surface area contributed by atoms with Crippen LogP contribution in [0.3, 0.4) is 0 Å². The van der Waals surface area contributed by atoms with Crippen molar-refractivity contribution in [3.05, 3.63) is 29.1 Å². The number of hydrogen-bond donors (Lipinski definition) is 0. The summed E-state index contributed by atoms with van der Waals surface area (Å²) in [6.07, 6.45) is 0. The summed E-state index contributed by atoms with van der Waals surface area (Å²) in [4.78, 5) is 0. The Morgan fingerprint density at radius 3 is 1.47 bits per heavy atom. The van der Waals surface area contributed by atoms with Crippen molar-refractivity contribution >= 4 is 24.0 Å². The molecular weight excluding hydrogens is 318 g/mol. The van der Waals surface area contributed by atoms with Gasteiger partial charge in [-0.15, -0.1) is 0 Å². The van der Waals surface area contributed by atoms with Crippen LogP contribution in [0, 0.1) is 29.1 Å². The molecule has 0 heterocycles. The molecule has 0 radical (unpaired) electrons. The molecule has 19 heavy (non-hydrogen) atoms. The second-order valence-corrected chi connectivity index (χ2v) is 8.91. The van der Waals surface area contributed by atoms with Crippen LogP contribution in [0.1, 0.15) is 0 Å². The van der Waals surface area contributed by atoms with Crippen LogP contribution >= 0.6 is 0 Å². The molecule has 3 nitrogen and oxygen atoms in total. The van der Waals surface area contributed by atoms with Gasteiger partial charge in [0.1, 0.15) is 0 Å². The molecule has 11 heteroatoms. The van der Waals surface area contributed by atoms with Gasteiger partial charge in [-0.05, 0) is 13.1 Å². The molecule has 0 atom stereocenters. The van der Waals surface area contributed by atoms with Crippen molar-refractivity contribution in [1.29, 1.82) is 0 Å². The Kier molecular flexibility index (Phi) is 4.03. The first-order chi connectivity index (χ1) is 8.38. The van der Waals surface area contributed by atoms with Gasteiger partial charge in [0.25, 0.3) is 8.32 Å². The van der Waals surface area contributed by atoms with Crippen molar-refractivity contribution in [3.63, 3.8) is 0 Å². The van der Waals surface area contributed by atoms with Gasteiger partial charge >= 0.3 is 10.5 Å². The molecule has 0 saturated carbocycles. The first-order valence-corrected chi connectivity index (χ1v) is 8.77. The Hall–Kier alpha value is -1.07. The van der Waals surface area contributed by atoms with Gasteiger partial charge in [-0.1, -0.05) is 3.89 Å². The maximum atomic E-state index is 13.4. The lowest BCUT2D eigenvalue weighted by atomic mass is 10.3. The van der Waals surface area contributed by atoms with Crippen LogP contribution in [-0.4, -0.2) is 16.7 Å². The van der Waals surface area contributed by atoms with E-state index in [0.29, 0.717) is 0 Å². The molecule has 0 spiro atoms. The quantitative estimate of drug-likeness (QED) is 0.281. The van der Waals surface area contributed by atoms with Crippen LogP contribution < -0.4 is 5.19 Å². The zero-order chi connectivity index (χ0) is 15.2. The lowest BCUT2D eigenvalue weighted by Gasteiger charge is -2.21. The van der Waals surface area contributed by atoms with Gasteiger partial charge in [0.05, 0.1) is 0 Å². The Bertz CT molecular complexity index is 601. The monoisotopic (exact) mass is 324 g/mol. The van der Waals surface area contributed by atoms with E-state index < -0.39 is 53.1 Å². The number of benzene rings is 1. The van der Waals surface area contributed by atoms with E-state index >= 15 is 0 Å². The van der Waals surface area contributed by atoms with Crippen molar-refractivity contribution in [3.8, 4) is 0 Å². The van der Waals surface area contributed by atoms with Crippen molar-refractivity contribution in [2.45, 2.75) is 13.1 Å². The van der Waals surface area contributed by atoms with E-state index in [1.54, 1.807) is 0 Å². The topological polar surface area (TPSA) is 43.4 Å². The average molecular weight is 324 g/mol. The molecular formula is C8H6F6O3SSi. The summed E-state index contributed by atoms with van der Waals surface area (Å²) in [5, 5.41) is -1.45. The predicted octanol–water partition coefficient (Wildman–Crippen LogP) is 2.03. The Balaban J connectivity index is 3.60. The summed E-state index contributed by atoms with van der Waals surface area (Å²) in [5.41, 5.74) is 0. The summed E-state index contributed by atoms with van der Waals surface area (Å²) in [6, 6.07) is 0. The van der Waals surface area contributed by atoms with Gasteiger partial charge in [0.2, 0.25) is 5.82 Å². The van der Waals surface area contributed by atoms with Gasteiger partial charge in [-0.3, -0.25) is 3.87 Å². The van der Waals surface area contributed by atoms with Crippen molar-refractivity contribution in [2.24, 2.45) is 0 Å². The van der Waals surface area contributed by atoms with E-state index in [9.17, 15) is 34.3 Å². The lowest BCUT2D eigenvalue weighted by molar-refractivity contribution is 0.381. The zero-order valence-electron chi connectivity index (χ0n) is 9.40. The Labute approximate surface area is 105 Å². The third kappa shape index (κ3) is 3.09. The molecule has 0 aliphatic carbocycles. The van der Waals surface area contributed by atoms with Crippen LogP contribution in [0.25, 0.3) is 0 Å². The van der Waals surface area contributed by atoms with Gasteiger partial charge in [0, 0.05) is 5.19 Å². The highest BCUT2D eigenvalue weighted by molar-refractivity contribution is 7.82. The third-order valence-electron chi connectivity index (χ3n) is 2.12. The van der Waals surface area contributed by atoms with Crippen molar-refractivity contribution in [2.75, 3.05) is 0 Å². The van der Waals surface area contributed by atoms with E-state index in [0.717, 1.165) is 13.1 Å². The van der Waals surface area contributed by atoms with Crippen molar-refractivity contribution in [1.82, 2.24) is 0 Å². The fraction of sp³-hybridized carbons (Fsp3) is 0.250. The molecule has 0 aliphatic heterocycles. The predicted molar refractivity (Wildman–Crippen MR) is 54.5 cm³/mol. The molecule has 0 bridgehead atoms. The first-order valence-electron chi connectivity index (χ1n) is 4.55. The second-order valence-electron chi connectivity index (χ2n) is 3.93. The summed E-state index contributed by atoms with van der Waals surface area (Å²) < 4.78 is 102. The fourth-order valence-corrected chi connectivity index (χ4v) is 5.02. The smallest absolute Gasteiger partial charge is 0.285 e. The van der Waals surface area contributed by atoms with E-state index in [1.807, 2.05) is 0 Å². The summed E-state index contributed by atoms with van der Waals surface area (Å²) in [5.74, 6) is -11.4. The molecule has 0 N–H and O–H groups in total. The third-order valence-corrected chi connectivity index (χ3v) is 6.23. The van der Waals surface area contributed by atoms with Crippen LogP contribution in [0.2, 0.25) is 13.1 Å². The molecule has 0 amide bonds. The summed E-state index contributed by atoms with van der Waals surface area (Å²) in [7, 11) is -9.86. The minimum absolute atomic E-state index is 0.766. The largest absolute Gasteiger partial charge is 0.428 e. The summed E-state index contributed by atoms with van der Waals surface area (Å²) >= 11 is 0. The highest BCUT2D eigenvalue weighted by Crippen LogP contribution is 2.21. The molecule has 1 rings (SSSR count). The fourth-order valence-electron chi connectivity index (χ4n) is 1.42. The van der Waals surface area contributed by atoms with E-state index in [1.165, 1.54) is 0 Å². The number of hydrogen-bond acceptors (Lipinski definition) is 3. The maximum Gasteiger partial charge on any atom is 0.428 e. The van der Waals surface area contributed by atoms with Gasteiger partial charge in [0.15, 0.2) is 23.3 Å². The average Bonchev–Trinajstić information content (AvgIpc) is 2.20. The highest BCUT2D eigenvalue weighted by atomic mass is 32.3. The molecule has 108 valence electrons. The SMILES string of the molecule is C[Si](C)(OS(=O)(=O)F)c1c(F)c(F)c(F)c(F)c1F. The lowest BCUT2D eigenvalue weighted by Crippen LogP contribution is -2.50. The Morgan fingerprint density at radius 1 is 0.842 bits per heavy atom. The first kappa shape index (κ1) is 16.0. The van der Waals surface area contributed by atoms with E-state index in [4.69, 9.17) is 0 Å². The van der Waals surface area contributed by atoms with E-state index in [-0.39, 0.29) is 0 Å². The highest BCUT2D eigenvalue weighted by Gasteiger charge is 2.41. The van der Waals surface area contributed by atoms with Crippen LogP contribution in [0.5, 0.6) is 0 Å². The molecule has 0 unspecified atom stereocenters. The number of rotatable bonds is 3. The normalized spacial score (nSPS) is 12.8. The molecule has 1 aromatic carbocycles. The van der Waals surface area contributed by atoms with Crippen LogP contribution in [-0.2, 0) is 14.4 Å². The maximum absolute atomic E-state index is 13.4. The summed E-state index contributed by atoms with van der Waals surface area (Å²) in [6.45, 7) is 1.53. The van der Waals surface area contributed by atoms with Gasteiger partial charge in [-0.25, -0.2) is 22.0 Å². The van der Waals surface area contributed by atoms with E-state index in [2.05, 4.69) is 3.87 Å². The standard InChI is InChI=1S/C8H6F6O3SSi/c1-19(2,17-18(14,15)16)8-6(12)4(10)3(9)5(11)7(8)13/h1-2H3. The second kappa shape index (κ2) is 4.79.